The monoisotopic (exact) mass is 206 g/mol. The van der Waals surface area contributed by atoms with E-state index in [1.54, 1.807) is 0 Å². The van der Waals surface area contributed by atoms with E-state index in [4.69, 9.17) is 0 Å². The molecule has 0 spiro atoms. The lowest BCUT2D eigenvalue weighted by Crippen LogP contribution is -2.29. The lowest BCUT2D eigenvalue weighted by Gasteiger charge is -2.07. The first-order valence-electron chi connectivity index (χ1n) is 3.92. The van der Waals surface area contributed by atoms with Gasteiger partial charge in [-0.1, -0.05) is 0 Å². The zero-order valence-corrected chi connectivity index (χ0v) is 7.19. The molecule has 0 saturated carbocycles. The maximum atomic E-state index is 11.7. The van der Waals surface area contributed by atoms with E-state index in [9.17, 15) is 18.0 Å². The summed E-state index contributed by atoms with van der Waals surface area (Å²) in [6.45, 7) is -1.18. The van der Waals surface area contributed by atoms with Crippen molar-refractivity contribution in [2.45, 2.75) is 12.7 Å². The van der Waals surface area contributed by atoms with Crippen molar-refractivity contribution in [3.05, 3.63) is 34.2 Å². The summed E-state index contributed by atoms with van der Waals surface area (Å²) in [7, 11) is 0. The van der Waals surface area contributed by atoms with Crippen LogP contribution in [0.4, 0.5) is 13.2 Å². The van der Waals surface area contributed by atoms with E-state index in [-0.39, 0.29) is 17.5 Å². The number of hydrogen-bond acceptors (Lipinski definition) is 2. The number of hydrogen-bond donors (Lipinski definition) is 2. The number of halogens is 3. The van der Waals surface area contributed by atoms with Crippen LogP contribution in [-0.2, 0) is 6.54 Å². The lowest BCUT2D eigenvalue weighted by molar-refractivity contribution is -0.125. The third kappa shape index (κ3) is 3.61. The predicted octanol–water partition coefficient (Wildman–Crippen LogP) is 1.03. The topological polar surface area (TPSA) is 44.9 Å². The van der Waals surface area contributed by atoms with Crippen LogP contribution < -0.4 is 10.7 Å². The molecule has 78 valence electrons. The first-order valence-corrected chi connectivity index (χ1v) is 3.92. The van der Waals surface area contributed by atoms with E-state index in [0.717, 1.165) is 0 Å². The van der Waals surface area contributed by atoms with Gasteiger partial charge in [-0.2, -0.15) is 13.2 Å². The number of rotatable bonds is 3. The number of pyridine rings is 1. The zero-order valence-electron chi connectivity index (χ0n) is 7.19. The van der Waals surface area contributed by atoms with Gasteiger partial charge in [-0.25, -0.2) is 0 Å². The van der Waals surface area contributed by atoms with Gasteiger partial charge in [0.25, 0.3) is 0 Å². The molecule has 0 bridgehead atoms. The quantitative estimate of drug-likeness (QED) is 0.775. The summed E-state index contributed by atoms with van der Waals surface area (Å²) in [5, 5.41) is 2.14. The molecule has 0 aliphatic heterocycles. The summed E-state index contributed by atoms with van der Waals surface area (Å²) in [6.07, 6.45) is -1.44. The van der Waals surface area contributed by atoms with Crippen LogP contribution >= 0.6 is 0 Å². The largest absolute Gasteiger partial charge is 0.401 e. The predicted molar refractivity (Wildman–Crippen MR) is 44.8 cm³/mol. The SMILES string of the molecule is O=c1cc[nH]cc1CNCC(F)(F)F. The minimum Gasteiger partial charge on any atom is -0.367 e. The molecule has 0 fully saturated rings. The maximum absolute atomic E-state index is 11.7. The van der Waals surface area contributed by atoms with Gasteiger partial charge in [0.15, 0.2) is 5.43 Å². The second-order valence-corrected chi connectivity index (χ2v) is 2.75. The third-order valence-electron chi connectivity index (χ3n) is 1.55. The fourth-order valence-corrected chi connectivity index (χ4v) is 0.928. The van der Waals surface area contributed by atoms with Gasteiger partial charge in [-0.3, -0.25) is 4.79 Å². The second kappa shape index (κ2) is 4.28. The number of H-pyrrole nitrogens is 1. The van der Waals surface area contributed by atoms with Gasteiger partial charge in [-0.15, -0.1) is 0 Å². The Hall–Kier alpha value is -1.30. The summed E-state index contributed by atoms with van der Waals surface area (Å²) >= 11 is 0. The molecule has 0 aliphatic carbocycles. The molecule has 0 aliphatic rings. The van der Waals surface area contributed by atoms with Crippen LogP contribution in [0.3, 0.4) is 0 Å². The average molecular weight is 206 g/mol. The molecule has 0 amide bonds. The summed E-state index contributed by atoms with van der Waals surface area (Å²) < 4.78 is 35.1. The van der Waals surface area contributed by atoms with Crippen molar-refractivity contribution in [3.63, 3.8) is 0 Å². The minimum atomic E-state index is -4.25. The van der Waals surface area contributed by atoms with Gasteiger partial charge in [0.05, 0.1) is 6.54 Å². The van der Waals surface area contributed by atoms with Crippen LogP contribution in [0, 0.1) is 0 Å². The van der Waals surface area contributed by atoms with Crippen LogP contribution in [0.25, 0.3) is 0 Å². The normalized spacial score (nSPS) is 11.6. The molecule has 0 atom stereocenters. The highest BCUT2D eigenvalue weighted by Gasteiger charge is 2.26. The van der Waals surface area contributed by atoms with Gasteiger partial charge in [-0.05, 0) is 0 Å². The highest BCUT2D eigenvalue weighted by Crippen LogP contribution is 2.12. The molecular weight excluding hydrogens is 197 g/mol. The Kier molecular flexibility index (Phi) is 3.29. The van der Waals surface area contributed by atoms with Crippen LogP contribution in [0.15, 0.2) is 23.3 Å². The maximum Gasteiger partial charge on any atom is 0.401 e. The van der Waals surface area contributed by atoms with Crippen molar-refractivity contribution in [2.75, 3.05) is 6.54 Å². The first kappa shape index (κ1) is 10.8. The van der Waals surface area contributed by atoms with Gasteiger partial charge in [0, 0.05) is 30.6 Å². The Morgan fingerprint density at radius 2 is 2.14 bits per heavy atom. The summed E-state index contributed by atoms with van der Waals surface area (Å²) in [6, 6.07) is 1.27. The smallest absolute Gasteiger partial charge is 0.367 e. The molecule has 1 rings (SSSR count). The van der Waals surface area contributed by atoms with Crippen molar-refractivity contribution < 1.29 is 13.2 Å². The molecule has 0 radical (unpaired) electrons. The van der Waals surface area contributed by atoms with Gasteiger partial charge in [0.2, 0.25) is 0 Å². The molecule has 1 heterocycles. The summed E-state index contributed by atoms with van der Waals surface area (Å²) in [5.74, 6) is 0. The van der Waals surface area contributed by atoms with E-state index in [1.807, 2.05) is 0 Å². The molecule has 0 aromatic carbocycles. The second-order valence-electron chi connectivity index (χ2n) is 2.75. The van der Waals surface area contributed by atoms with Gasteiger partial charge >= 0.3 is 6.18 Å². The highest BCUT2D eigenvalue weighted by atomic mass is 19.4. The van der Waals surface area contributed by atoms with Crippen molar-refractivity contribution in [2.24, 2.45) is 0 Å². The highest BCUT2D eigenvalue weighted by molar-refractivity contribution is 5.08. The van der Waals surface area contributed by atoms with Crippen molar-refractivity contribution in [1.82, 2.24) is 10.3 Å². The lowest BCUT2D eigenvalue weighted by atomic mass is 10.3. The molecule has 0 saturated heterocycles. The van der Waals surface area contributed by atoms with Crippen LogP contribution in [0.1, 0.15) is 5.56 Å². The molecule has 1 aromatic heterocycles. The summed E-state index contributed by atoms with van der Waals surface area (Å²) in [5.41, 5.74) is 0.00942. The Morgan fingerprint density at radius 1 is 1.43 bits per heavy atom. The minimum absolute atomic E-state index is 0.0876. The van der Waals surface area contributed by atoms with E-state index in [0.29, 0.717) is 0 Å². The standard InChI is InChI=1S/C8H9F3N2O/c9-8(10,11)5-13-4-6-3-12-2-1-7(6)14/h1-3,13H,4-5H2,(H,12,14). The average Bonchev–Trinajstić information content (AvgIpc) is 2.06. The van der Waals surface area contributed by atoms with E-state index in [1.165, 1.54) is 18.5 Å². The number of alkyl halides is 3. The number of aromatic amines is 1. The number of aromatic nitrogens is 1. The van der Waals surface area contributed by atoms with E-state index in [2.05, 4.69) is 10.3 Å². The molecular formula is C8H9F3N2O. The first-order chi connectivity index (χ1) is 6.49. The molecule has 0 unspecified atom stereocenters. The van der Waals surface area contributed by atoms with Crippen molar-refractivity contribution >= 4 is 0 Å². The van der Waals surface area contributed by atoms with Crippen molar-refractivity contribution in [1.29, 1.82) is 0 Å². The van der Waals surface area contributed by atoms with Gasteiger partial charge in [0.1, 0.15) is 0 Å². The number of nitrogens with one attached hydrogen (secondary N) is 2. The van der Waals surface area contributed by atoms with E-state index >= 15 is 0 Å². The fourth-order valence-electron chi connectivity index (χ4n) is 0.928. The molecule has 1 aromatic rings. The molecule has 2 N–H and O–H groups in total. The Morgan fingerprint density at radius 3 is 2.71 bits per heavy atom. The molecule has 14 heavy (non-hydrogen) atoms. The Labute approximate surface area is 78.0 Å². The Balaban J connectivity index is 2.47. The summed E-state index contributed by atoms with van der Waals surface area (Å²) in [4.78, 5) is 13.7. The third-order valence-corrected chi connectivity index (χ3v) is 1.55. The fraction of sp³-hybridized carbons (Fsp3) is 0.375. The molecule has 3 nitrogen and oxygen atoms in total. The zero-order chi connectivity index (χ0) is 10.6. The van der Waals surface area contributed by atoms with Crippen molar-refractivity contribution in [3.8, 4) is 0 Å². The van der Waals surface area contributed by atoms with Crippen LogP contribution in [0.5, 0.6) is 0 Å². The van der Waals surface area contributed by atoms with Crippen LogP contribution in [0.2, 0.25) is 0 Å². The van der Waals surface area contributed by atoms with Crippen LogP contribution in [-0.4, -0.2) is 17.7 Å². The van der Waals surface area contributed by atoms with E-state index < -0.39 is 12.7 Å². The van der Waals surface area contributed by atoms with Gasteiger partial charge < -0.3 is 10.3 Å². The Bertz CT molecular complexity index is 345. The molecule has 6 heteroatoms.